The monoisotopic (exact) mass is 286 g/mol. The first-order chi connectivity index (χ1) is 9.07. The van der Waals surface area contributed by atoms with Gasteiger partial charge < -0.3 is 4.74 Å². The SMILES string of the molecule is CCNS(=O)(=O)NCCCCc1ccc(OC)cc1. The molecule has 6 heteroatoms. The van der Waals surface area contributed by atoms with Gasteiger partial charge in [0.15, 0.2) is 0 Å². The van der Waals surface area contributed by atoms with E-state index in [1.54, 1.807) is 14.0 Å². The molecule has 0 amide bonds. The Bertz CT molecular complexity index is 457. The number of methoxy groups -OCH3 is 1. The molecule has 1 aromatic rings. The van der Waals surface area contributed by atoms with Gasteiger partial charge >= 0.3 is 0 Å². The van der Waals surface area contributed by atoms with Crippen LogP contribution in [0, 0.1) is 0 Å². The van der Waals surface area contributed by atoms with Gasteiger partial charge in [0.05, 0.1) is 7.11 Å². The molecule has 19 heavy (non-hydrogen) atoms. The maximum absolute atomic E-state index is 11.3. The lowest BCUT2D eigenvalue weighted by Gasteiger charge is -2.06. The van der Waals surface area contributed by atoms with E-state index in [4.69, 9.17) is 4.74 Å². The fraction of sp³-hybridized carbons (Fsp3) is 0.538. The summed E-state index contributed by atoms with van der Waals surface area (Å²) in [5, 5.41) is 0. The molecular weight excluding hydrogens is 264 g/mol. The average molecular weight is 286 g/mol. The van der Waals surface area contributed by atoms with Crippen molar-refractivity contribution in [1.82, 2.24) is 9.44 Å². The second-order valence-corrected chi connectivity index (χ2v) is 5.79. The highest BCUT2D eigenvalue weighted by molar-refractivity contribution is 7.87. The second kappa shape index (κ2) is 8.14. The van der Waals surface area contributed by atoms with Crippen molar-refractivity contribution in [3.05, 3.63) is 29.8 Å². The van der Waals surface area contributed by atoms with Crippen molar-refractivity contribution in [2.75, 3.05) is 20.2 Å². The van der Waals surface area contributed by atoms with Gasteiger partial charge in [0, 0.05) is 13.1 Å². The maximum atomic E-state index is 11.3. The highest BCUT2D eigenvalue weighted by Crippen LogP contribution is 2.12. The van der Waals surface area contributed by atoms with Gasteiger partial charge in [-0.05, 0) is 37.0 Å². The summed E-state index contributed by atoms with van der Waals surface area (Å²) >= 11 is 0. The van der Waals surface area contributed by atoms with Crippen LogP contribution in [0.15, 0.2) is 24.3 Å². The third kappa shape index (κ3) is 6.56. The van der Waals surface area contributed by atoms with Gasteiger partial charge in [-0.25, -0.2) is 9.44 Å². The van der Waals surface area contributed by atoms with E-state index in [9.17, 15) is 8.42 Å². The molecule has 0 spiro atoms. The van der Waals surface area contributed by atoms with Crippen molar-refractivity contribution >= 4 is 10.2 Å². The lowest BCUT2D eigenvalue weighted by Crippen LogP contribution is -2.36. The topological polar surface area (TPSA) is 67.4 Å². The van der Waals surface area contributed by atoms with Crippen LogP contribution in [0.4, 0.5) is 0 Å². The van der Waals surface area contributed by atoms with E-state index in [-0.39, 0.29) is 0 Å². The average Bonchev–Trinajstić information content (AvgIpc) is 2.39. The van der Waals surface area contributed by atoms with Crippen LogP contribution >= 0.6 is 0 Å². The zero-order chi connectivity index (χ0) is 14.1. The molecule has 0 saturated carbocycles. The summed E-state index contributed by atoms with van der Waals surface area (Å²) in [7, 11) is -1.66. The van der Waals surface area contributed by atoms with Crippen molar-refractivity contribution in [2.45, 2.75) is 26.2 Å². The minimum absolute atomic E-state index is 0.404. The van der Waals surface area contributed by atoms with Gasteiger partial charge in [-0.3, -0.25) is 0 Å². The van der Waals surface area contributed by atoms with Gasteiger partial charge in [0.1, 0.15) is 5.75 Å². The Balaban J connectivity index is 2.20. The lowest BCUT2D eigenvalue weighted by molar-refractivity contribution is 0.414. The predicted molar refractivity (Wildman–Crippen MR) is 76.5 cm³/mol. The molecule has 5 nitrogen and oxygen atoms in total. The Hall–Kier alpha value is -1.11. The molecule has 0 radical (unpaired) electrons. The van der Waals surface area contributed by atoms with Crippen LogP contribution < -0.4 is 14.2 Å². The van der Waals surface area contributed by atoms with Gasteiger partial charge in [-0.1, -0.05) is 19.1 Å². The first kappa shape index (κ1) is 15.9. The number of hydrogen-bond donors (Lipinski definition) is 2. The second-order valence-electron chi connectivity index (χ2n) is 4.20. The molecule has 0 aromatic heterocycles. The fourth-order valence-electron chi connectivity index (χ4n) is 1.69. The number of hydrogen-bond acceptors (Lipinski definition) is 3. The number of benzene rings is 1. The summed E-state index contributed by atoms with van der Waals surface area (Å²) in [5.74, 6) is 0.849. The summed E-state index contributed by atoms with van der Waals surface area (Å²) in [5.41, 5.74) is 1.23. The number of aryl methyl sites for hydroxylation is 1. The number of ether oxygens (including phenoxy) is 1. The van der Waals surface area contributed by atoms with E-state index < -0.39 is 10.2 Å². The molecule has 108 valence electrons. The van der Waals surface area contributed by atoms with Gasteiger partial charge in [-0.2, -0.15) is 8.42 Å². The quantitative estimate of drug-likeness (QED) is 0.675. The van der Waals surface area contributed by atoms with Crippen molar-refractivity contribution in [3.63, 3.8) is 0 Å². The fourth-order valence-corrected chi connectivity index (χ4v) is 2.59. The summed E-state index contributed by atoms with van der Waals surface area (Å²) in [4.78, 5) is 0. The smallest absolute Gasteiger partial charge is 0.276 e. The van der Waals surface area contributed by atoms with Crippen molar-refractivity contribution in [3.8, 4) is 5.75 Å². The van der Waals surface area contributed by atoms with E-state index in [0.717, 1.165) is 25.0 Å². The highest BCUT2D eigenvalue weighted by atomic mass is 32.2. The zero-order valence-electron chi connectivity index (χ0n) is 11.5. The Kier molecular flexibility index (Phi) is 6.83. The van der Waals surface area contributed by atoms with Crippen molar-refractivity contribution < 1.29 is 13.2 Å². The predicted octanol–water partition coefficient (Wildman–Crippen LogP) is 1.46. The van der Waals surface area contributed by atoms with Crippen molar-refractivity contribution in [1.29, 1.82) is 0 Å². The summed E-state index contributed by atoms with van der Waals surface area (Å²) in [6.07, 6.45) is 2.70. The largest absolute Gasteiger partial charge is 0.497 e. The lowest BCUT2D eigenvalue weighted by atomic mass is 10.1. The van der Waals surface area contributed by atoms with Crippen LogP contribution in [0.1, 0.15) is 25.3 Å². The Morgan fingerprint density at radius 1 is 1.11 bits per heavy atom. The molecule has 0 aliphatic heterocycles. The molecular formula is C13H22N2O3S. The zero-order valence-corrected chi connectivity index (χ0v) is 12.3. The Labute approximate surface area is 115 Å². The number of rotatable bonds is 9. The number of unbranched alkanes of at least 4 members (excludes halogenated alkanes) is 1. The molecule has 1 rings (SSSR count). The molecule has 0 fully saturated rings. The minimum atomic E-state index is -3.30. The van der Waals surface area contributed by atoms with Crippen LogP contribution in [0.5, 0.6) is 5.75 Å². The standard InChI is InChI=1S/C13H22N2O3S/c1-3-14-19(16,17)15-11-5-4-6-12-7-9-13(18-2)10-8-12/h7-10,14-15H,3-6,11H2,1-2H3. The molecule has 1 aromatic carbocycles. The molecule has 0 saturated heterocycles. The molecule has 0 bridgehead atoms. The number of nitrogens with one attached hydrogen (secondary N) is 2. The normalized spacial score (nSPS) is 11.5. The van der Waals surface area contributed by atoms with E-state index in [2.05, 4.69) is 9.44 Å². The molecule has 0 atom stereocenters. The Morgan fingerprint density at radius 3 is 2.37 bits per heavy atom. The summed E-state index contributed by atoms with van der Waals surface area (Å²) in [6, 6.07) is 7.93. The molecule has 2 N–H and O–H groups in total. The van der Waals surface area contributed by atoms with Crippen LogP contribution in [0.25, 0.3) is 0 Å². The van der Waals surface area contributed by atoms with E-state index >= 15 is 0 Å². The molecule has 0 aliphatic rings. The van der Waals surface area contributed by atoms with E-state index in [1.807, 2.05) is 24.3 Å². The van der Waals surface area contributed by atoms with Crippen molar-refractivity contribution in [2.24, 2.45) is 0 Å². The highest BCUT2D eigenvalue weighted by Gasteiger charge is 2.05. The van der Waals surface area contributed by atoms with E-state index in [1.165, 1.54) is 5.56 Å². The van der Waals surface area contributed by atoms with Crippen LogP contribution in [-0.4, -0.2) is 28.6 Å². The molecule has 0 heterocycles. The molecule has 0 aliphatic carbocycles. The third-order valence-electron chi connectivity index (χ3n) is 2.68. The molecule has 0 unspecified atom stereocenters. The van der Waals surface area contributed by atoms with Gasteiger partial charge in [0.2, 0.25) is 0 Å². The van der Waals surface area contributed by atoms with Gasteiger partial charge in [-0.15, -0.1) is 0 Å². The van der Waals surface area contributed by atoms with Crippen LogP contribution in [0.3, 0.4) is 0 Å². The van der Waals surface area contributed by atoms with Crippen LogP contribution in [0.2, 0.25) is 0 Å². The third-order valence-corrected chi connectivity index (χ3v) is 3.93. The van der Waals surface area contributed by atoms with E-state index in [0.29, 0.717) is 13.1 Å². The maximum Gasteiger partial charge on any atom is 0.276 e. The first-order valence-corrected chi connectivity index (χ1v) is 7.93. The first-order valence-electron chi connectivity index (χ1n) is 6.44. The summed E-state index contributed by atoms with van der Waals surface area (Å²) < 4.78 is 32.6. The minimum Gasteiger partial charge on any atom is -0.497 e. The summed E-state index contributed by atoms with van der Waals surface area (Å²) in [6.45, 7) is 2.62. The van der Waals surface area contributed by atoms with Gasteiger partial charge in [0.25, 0.3) is 10.2 Å². The Morgan fingerprint density at radius 2 is 1.79 bits per heavy atom. The van der Waals surface area contributed by atoms with Crippen LogP contribution in [-0.2, 0) is 16.6 Å².